The minimum atomic E-state index is 0.350. The maximum absolute atomic E-state index is 5.20. The SMILES string of the molecule is COCCNC(COC)Cc1ccccc1. The summed E-state index contributed by atoms with van der Waals surface area (Å²) in [5, 5.41) is 3.42. The second kappa shape index (κ2) is 8.28. The Bertz CT molecular complexity index is 264. The monoisotopic (exact) mass is 223 g/mol. The summed E-state index contributed by atoms with van der Waals surface area (Å²) in [5.74, 6) is 0. The molecule has 1 unspecified atom stereocenters. The Balaban J connectivity index is 2.38. The number of methoxy groups -OCH3 is 2. The molecule has 3 heteroatoms. The molecule has 0 fully saturated rings. The van der Waals surface area contributed by atoms with Crippen LogP contribution < -0.4 is 5.32 Å². The van der Waals surface area contributed by atoms with E-state index in [9.17, 15) is 0 Å². The average Bonchev–Trinajstić information content (AvgIpc) is 2.31. The summed E-state index contributed by atoms with van der Waals surface area (Å²) < 4.78 is 10.2. The van der Waals surface area contributed by atoms with Gasteiger partial charge in [-0.3, -0.25) is 0 Å². The molecule has 0 radical (unpaired) electrons. The second-order valence-electron chi connectivity index (χ2n) is 3.79. The molecule has 0 heterocycles. The van der Waals surface area contributed by atoms with Gasteiger partial charge in [0.05, 0.1) is 13.2 Å². The minimum Gasteiger partial charge on any atom is -0.383 e. The van der Waals surface area contributed by atoms with Crippen molar-refractivity contribution in [1.29, 1.82) is 0 Å². The largest absolute Gasteiger partial charge is 0.383 e. The second-order valence-corrected chi connectivity index (χ2v) is 3.79. The lowest BCUT2D eigenvalue weighted by atomic mass is 10.1. The van der Waals surface area contributed by atoms with Gasteiger partial charge in [0, 0.05) is 26.8 Å². The van der Waals surface area contributed by atoms with Crippen molar-refractivity contribution in [3.8, 4) is 0 Å². The van der Waals surface area contributed by atoms with Crippen LogP contribution in [0.1, 0.15) is 5.56 Å². The molecule has 0 spiro atoms. The predicted octanol–water partition coefficient (Wildman–Crippen LogP) is 1.48. The first-order chi connectivity index (χ1) is 7.86. The summed E-state index contributed by atoms with van der Waals surface area (Å²) in [6, 6.07) is 10.8. The van der Waals surface area contributed by atoms with Gasteiger partial charge in [0.25, 0.3) is 0 Å². The maximum Gasteiger partial charge on any atom is 0.0619 e. The lowest BCUT2D eigenvalue weighted by molar-refractivity contribution is 0.153. The molecular formula is C13H21NO2. The van der Waals surface area contributed by atoms with Crippen molar-refractivity contribution < 1.29 is 9.47 Å². The van der Waals surface area contributed by atoms with Crippen LogP contribution in [0.4, 0.5) is 0 Å². The van der Waals surface area contributed by atoms with E-state index in [1.807, 2.05) is 6.07 Å². The van der Waals surface area contributed by atoms with Crippen molar-refractivity contribution in [2.75, 3.05) is 34.0 Å². The zero-order chi connectivity index (χ0) is 11.6. The number of benzene rings is 1. The zero-order valence-electron chi connectivity index (χ0n) is 10.1. The third-order valence-electron chi connectivity index (χ3n) is 2.43. The Kier molecular flexibility index (Phi) is 6.81. The van der Waals surface area contributed by atoms with Crippen molar-refractivity contribution in [2.45, 2.75) is 12.5 Å². The first-order valence-corrected chi connectivity index (χ1v) is 5.62. The fraction of sp³-hybridized carbons (Fsp3) is 0.538. The molecule has 0 aromatic heterocycles. The van der Waals surface area contributed by atoms with Crippen LogP contribution in [-0.2, 0) is 15.9 Å². The summed E-state index contributed by atoms with van der Waals surface area (Å²) in [6.07, 6.45) is 0.985. The van der Waals surface area contributed by atoms with Gasteiger partial charge in [-0.1, -0.05) is 30.3 Å². The molecule has 1 atom stereocenters. The molecular weight excluding hydrogens is 202 g/mol. The third kappa shape index (κ3) is 5.26. The van der Waals surface area contributed by atoms with E-state index in [1.54, 1.807) is 14.2 Å². The molecule has 1 aromatic rings. The molecule has 1 N–H and O–H groups in total. The summed E-state index contributed by atoms with van der Waals surface area (Å²) in [4.78, 5) is 0. The van der Waals surface area contributed by atoms with Gasteiger partial charge in [0.2, 0.25) is 0 Å². The zero-order valence-corrected chi connectivity index (χ0v) is 10.1. The lowest BCUT2D eigenvalue weighted by Crippen LogP contribution is -2.37. The van der Waals surface area contributed by atoms with Crippen LogP contribution in [-0.4, -0.2) is 40.0 Å². The van der Waals surface area contributed by atoms with E-state index in [4.69, 9.17) is 9.47 Å². The number of hydrogen-bond donors (Lipinski definition) is 1. The van der Waals surface area contributed by atoms with Crippen molar-refractivity contribution in [2.24, 2.45) is 0 Å². The molecule has 0 aliphatic heterocycles. The molecule has 0 aliphatic carbocycles. The van der Waals surface area contributed by atoms with Crippen molar-refractivity contribution in [3.63, 3.8) is 0 Å². The van der Waals surface area contributed by atoms with Crippen molar-refractivity contribution in [1.82, 2.24) is 5.32 Å². The summed E-state index contributed by atoms with van der Waals surface area (Å²) in [5.41, 5.74) is 1.33. The van der Waals surface area contributed by atoms with E-state index in [-0.39, 0.29) is 0 Å². The van der Waals surface area contributed by atoms with Crippen LogP contribution in [0.25, 0.3) is 0 Å². The Morgan fingerprint density at radius 1 is 1.12 bits per heavy atom. The van der Waals surface area contributed by atoms with Gasteiger partial charge in [-0.2, -0.15) is 0 Å². The Morgan fingerprint density at radius 2 is 1.88 bits per heavy atom. The normalized spacial score (nSPS) is 12.6. The first-order valence-electron chi connectivity index (χ1n) is 5.62. The highest BCUT2D eigenvalue weighted by Gasteiger charge is 2.07. The highest BCUT2D eigenvalue weighted by atomic mass is 16.5. The Labute approximate surface area is 97.8 Å². The van der Waals surface area contributed by atoms with E-state index in [1.165, 1.54) is 5.56 Å². The summed E-state index contributed by atoms with van der Waals surface area (Å²) in [7, 11) is 3.44. The van der Waals surface area contributed by atoms with Crippen LogP contribution in [0.15, 0.2) is 30.3 Å². The first kappa shape index (κ1) is 13.2. The van der Waals surface area contributed by atoms with Gasteiger partial charge in [-0.05, 0) is 12.0 Å². The highest BCUT2D eigenvalue weighted by molar-refractivity contribution is 5.15. The minimum absolute atomic E-state index is 0.350. The highest BCUT2D eigenvalue weighted by Crippen LogP contribution is 2.03. The summed E-state index contributed by atoms with van der Waals surface area (Å²) >= 11 is 0. The molecule has 1 aromatic carbocycles. The Hall–Kier alpha value is -0.900. The van der Waals surface area contributed by atoms with Gasteiger partial charge >= 0.3 is 0 Å². The van der Waals surface area contributed by atoms with Gasteiger partial charge in [0.15, 0.2) is 0 Å². The Morgan fingerprint density at radius 3 is 2.50 bits per heavy atom. The van der Waals surface area contributed by atoms with Gasteiger partial charge < -0.3 is 14.8 Å². The predicted molar refractivity (Wildman–Crippen MR) is 65.7 cm³/mol. The number of rotatable bonds is 8. The molecule has 0 bridgehead atoms. The third-order valence-corrected chi connectivity index (χ3v) is 2.43. The van der Waals surface area contributed by atoms with Gasteiger partial charge in [-0.25, -0.2) is 0 Å². The molecule has 1 rings (SSSR count). The van der Waals surface area contributed by atoms with Crippen LogP contribution in [0, 0.1) is 0 Å². The molecule has 0 saturated carbocycles. The number of ether oxygens (including phenoxy) is 2. The van der Waals surface area contributed by atoms with E-state index in [0.29, 0.717) is 6.04 Å². The molecule has 3 nitrogen and oxygen atoms in total. The molecule has 0 aliphatic rings. The lowest BCUT2D eigenvalue weighted by Gasteiger charge is -2.17. The topological polar surface area (TPSA) is 30.5 Å². The van der Waals surface area contributed by atoms with Crippen LogP contribution in [0.2, 0.25) is 0 Å². The molecule has 0 saturated heterocycles. The fourth-order valence-corrected chi connectivity index (χ4v) is 1.65. The quantitative estimate of drug-likeness (QED) is 0.677. The number of hydrogen-bond acceptors (Lipinski definition) is 3. The van der Waals surface area contributed by atoms with Gasteiger partial charge in [-0.15, -0.1) is 0 Å². The van der Waals surface area contributed by atoms with Crippen molar-refractivity contribution >= 4 is 0 Å². The van der Waals surface area contributed by atoms with Crippen LogP contribution >= 0.6 is 0 Å². The van der Waals surface area contributed by atoms with Crippen LogP contribution in [0.3, 0.4) is 0 Å². The molecule has 90 valence electrons. The van der Waals surface area contributed by atoms with E-state index in [2.05, 4.69) is 29.6 Å². The smallest absolute Gasteiger partial charge is 0.0619 e. The fourth-order valence-electron chi connectivity index (χ4n) is 1.65. The van der Waals surface area contributed by atoms with E-state index < -0.39 is 0 Å². The van der Waals surface area contributed by atoms with Crippen LogP contribution in [0.5, 0.6) is 0 Å². The van der Waals surface area contributed by atoms with E-state index >= 15 is 0 Å². The molecule has 0 amide bonds. The van der Waals surface area contributed by atoms with Gasteiger partial charge in [0.1, 0.15) is 0 Å². The summed E-state index contributed by atoms with van der Waals surface area (Å²) in [6.45, 7) is 2.31. The standard InChI is InChI=1S/C13H21NO2/c1-15-9-8-14-13(11-16-2)10-12-6-4-3-5-7-12/h3-7,13-14H,8-11H2,1-2H3. The molecule has 16 heavy (non-hydrogen) atoms. The average molecular weight is 223 g/mol. The van der Waals surface area contributed by atoms with E-state index in [0.717, 1.165) is 26.2 Å². The van der Waals surface area contributed by atoms with Crippen molar-refractivity contribution in [3.05, 3.63) is 35.9 Å². The maximum atomic E-state index is 5.20. The number of nitrogens with one attached hydrogen (secondary N) is 1.